The van der Waals surface area contributed by atoms with Gasteiger partial charge in [-0.15, -0.1) is 0 Å². The third-order valence-corrected chi connectivity index (χ3v) is 4.02. The second-order valence-corrected chi connectivity index (χ2v) is 6.51. The zero-order valence-corrected chi connectivity index (χ0v) is 12.0. The van der Waals surface area contributed by atoms with E-state index in [0.29, 0.717) is 5.56 Å². The highest BCUT2D eigenvalue weighted by Crippen LogP contribution is 2.24. The van der Waals surface area contributed by atoms with Crippen LogP contribution in [-0.4, -0.2) is 19.2 Å². The summed E-state index contributed by atoms with van der Waals surface area (Å²) in [6.45, 7) is 1.66. The molecule has 0 aromatic heterocycles. The van der Waals surface area contributed by atoms with Crippen LogP contribution in [0.1, 0.15) is 5.56 Å². The predicted octanol–water partition coefficient (Wildman–Crippen LogP) is 1.92. The van der Waals surface area contributed by atoms with E-state index in [0.717, 1.165) is 6.07 Å². The molecule has 4 nitrogen and oxygen atoms in total. The van der Waals surface area contributed by atoms with Gasteiger partial charge in [0, 0.05) is 0 Å². The quantitative estimate of drug-likeness (QED) is 0.821. The van der Waals surface area contributed by atoms with E-state index in [2.05, 4.69) is 32.9 Å². The minimum atomic E-state index is -3.68. The highest BCUT2D eigenvalue weighted by Gasteiger charge is 2.14. The number of benzene rings is 1. The SMILES string of the molecule is Cc1cc(Br)c(F)cc1NS(=O)(=O)CC(N)=S. The molecule has 0 aliphatic rings. The van der Waals surface area contributed by atoms with Gasteiger partial charge in [0.25, 0.3) is 0 Å². The molecule has 1 rings (SSSR count). The number of sulfonamides is 1. The van der Waals surface area contributed by atoms with Crippen molar-refractivity contribution in [1.29, 1.82) is 0 Å². The molecule has 0 aliphatic carbocycles. The van der Waals surface area contributed by atoms with E-state index in [1.54, 1.807) is 6.92 Å². The van der Waals surface area contributed by atoms with Crippen molar-refractivity contribution in [3.63, 3.8) is 0 Å². The van der Waals surface area contributed by atoms with Crippen molar-refractivity contribution in [2.75, 3.05) is 10.5 Å². The second-order valence-electron chi connectivity index (χ2n) is 3.41. The lowest BCUT2D eigenvalue weighted by Crippen LogP contribution is -2.26. The van der Waals surface area contributed by atoms with E-state index in [9.17, 15) is 12.8 Å². The van der Waals surface area contributed by atoms with Crippen molar-refractivity contribution in [1.82, 2.24) is 0 Å². The number of rotatable bonds is 4. The van der Waals surface area contributed by atoms with Gasteiger partial charge in [0.05, 0.1) is 15.1 Å². The van der Waals surface area contributed by atoms with Crippen molar-refractivity contribution in [2.45, 2.75) is 6.92 Å². The van der Waals surface area contributed by atoms with Gasteiger partial charge in [0.1, 0.15) is 11.6 Å². The number of halogens is 2. The molecule has 0 saturated heterocycles. The fourth-order valence-electron chi connectivity index (χ4n) is 1.15. The molecule has 0 atom stereocenters. The van der Waals surface area contributed by atoms with Crippen LogP contribution in [0.5, 0.6) is 0 Å². The highest BCUT2D eigenvalue weighted by molar-refractivity contribution is 9.10. The smallest absolute Gasteiger partial charge is 0.239 e. The van der Waals surface area contributed by atoms with E-state index >= 15 is 0 Å². The van der Waals surface area contributed by atoms with Crippen LogP contribution in [0.2, 0.25) is 0 Å². The summed E-state index contributed by atoms with van der Waals surface area (Å²) in [7, 11) is -3.68. The monoisotopic (exact) mass is 340 g/mol. The van der Waals surface area contributed by atoms with Gasteiger partial charge in [-0.05, 0) is 40.5 Å². The summed E-state index contributed by atoms with van der Waals surface area (Å²) >= 11 is 7.52. The number of hydrogen-bond donors (Lipinski definition) is 2. The van der Waals surface area contributed by atoms with E-state index in [1.807, 2.05) is 0 Å². The molecule has 0 fully saturated rings. The number of thiocarbonyl (C=S) groups is 1. The maximum Gasteiger partial charge on any atom is 0.239 e. The third-order valence-electron chi connectivity index (χ3n) is 1.87. The molecule has 0 radical (unpaired) electrons. The fourth-order valence-corrected chi connectivity index (χ4v) is 3.07. The summed E-state index contributed by atoms with van der Waals surface area (Å²) in [4.78, 5) is -0.146. The molecule has 0 spiro atoms. The molecule has 0 heterocycles. The lowest BCUT2D eigenvalue weighted by atomic mass is 10.2. The zero-order valence-electron chi connectivity index (χ0n) is 8.83. The number of nitrogens with two attached hydrogens (primary N) is 1. The molecule has 1 aromatic rings. The molecule has 0 saturated carbocycles. The molecular weight excluding hydrogens is 331 g/mol. The van der Waals surface area contributed by atoms with Gasteiger partial charge in [0.2, 0.25) is 10.0 Å². The van der Waals surface area contributed by atoms with Crippen molar-refractivity contribution < 1.29 is 12.8 Å². The van der Waals surface area contributed by atoms with Crippen molar-refractivity contribution >= 4 is 48.8 Å². The standard InChI is InChI=1S/C9H10BrFN2O2S2/c1-5-2-6(10)7(11)3-8(5)13-17(14,15)4-9(12)16/h2-3,13H,4H2,1H3,(H2,12,16). The first-order chi connectivity index (χ1) is 7.71. The highest BCUT2D eigenvalue weighted by atomic mass is 79.9. The summed E-state index contributed by atoms with van der Waals surface area (Å²) in [5.74, 6) is -1.02. The summed E-state index contributed by atoms with van der Waals surface area (Å²) in [6.07, 6.45) is 0. The Balaban J connectivity index is 3.04. The minimum absolute atomic E-state index is 0.146. The van der Waals surface area contributed by atoms with Gasteiger partial charge >= 0.3 is 0 Å². The molecule has 0 amide bonds. The normalized spacial score (nSPS) is 11.2. The largest absolute Gasteiger partial charge is 0.392 e. The molecule has 0 unspecified atom stereocenters. The second kappa shape index (κ2) is 5.28. The molecular formula is C9H10BrFN2O2S2. The molecule has 3 N–H and O–H groups in total. The molecule has 17 heavy (non-hydrogen) atoms. The van der Waals surface area contributed by atoms with Gasteiger partial charge in [-0.3, -0.25) is 4.72 Å². The van der Waals surface area contributed by atoms with Crippen molar-refractivity contribution in [3.05, 3.63) is 28.0 Å². The Kier molecular flexibility index (Phi) is 4.45. The van der Waals surface area contributed by atoms with Gasteiger partial charge < -0.3 is 5.73 Å². The molecule has 8 heteroatoms. The van der Waals surface area contributed by atoms with Crippen LogP contribution in [0, 0.1) is 12.7 Å². The van der Waals surface area contributed by atoms with Crippen LogP contribution in [0.25, 0.3) is 0 Å². The van der Waals surface area contributed by atoms with Crippen LogP contribution in [-0.2, 0) is 10.0 Å². The summed E-state index contributed by atoms with van der Waals surface area (Å²) in [6, 6.07) is 2.57. The lowest BCUT2D eigenvalue weighted by molar-refractivity contribution is 0.604. The summed E-state index contributed by atoms with van der Waals surface area (Å²) in [5.41, 5.74) is 5.91. The van der Waals surface area contributed by atoms with Crippen molar-refractivity contribution in [3.8, 4) is 0 Å². The maximum absolute atomic E-state index is 13.3. The average molecular weight is 341 g/mol. The molecule has 1 aromatic carbocycles. The molecule has 94 valence electrons. The first-order valence-electron chi connectivity index (χ1n) is 4.46. The first kappa shape index (κ1) is 14.3. The molecule has 0 bridgehead atoms. The Hall–Kier alpha value is -0.730. The van der Waals surface area contributed by atoms with E-state index < -0.39 is 21.6 Å². The Labute approximate surface area is 113 Å². The van der Waals surface area contributed by atoms with Crippen LogP contribution in [0.15, 0.2) is 16.6 Å². The van der Waals surface area contributed by atoms with Crippen LogP contribution < -0.4 is 10.5 Å². The number of hydrogen-bond acceptors (Lipinski definition) is 3. The van der Waals surface area contributed by atoms with Crippen molar-refractivity contribution in [2.24, 2.45) is 5.73 Å². The van der Waals surface area contributed by atoms with E-state index in [-0.39, 0.29) is 15.1 Å². The van der Waals surface area contributed by atoms with Crippen LogP contribution in [0.4, 0.5) is 10.1 Å². The van der Waals surface area contributed by atoms with Crippen LogP contribution >= 0.6 is 28.1 Å². The summed E-state index contributed by atoms with van der Waals surface area (Å²) in [5, 5.41) is 0. The van der Waals surface area contributed by atoms with E-state index in [4.69, 9.17) is 5.73 Å². The van der Waals surface area contributed by atoms with E-state index in [1.165, 1.54) is 6.07 Å². The Morgan fingerprint density at radius 2 is 2.18 bits per heavy atom. The predicted molar refractivity (Wildman–Crippen MR) is 73.0 cm³/mol. The average Bonchev–Trinajstić information content (AvgIpc) is 2.11. The summed E-state index contributed by atoms with van der Waals surface area (Å²) < 4.78 is 38.9. The third kappa shape index (κ3) is 4.21. The fraction of sp³-hybridized carbons (Fsp3) is 0.222. The lowest BCUT2D eigenvalue weighted by Gasteiger charge is -2.10. The first-order valence-corrected chi connectivity index (χ1v) is 7.31. The number of anilines is 1. The van der Waals surface area contributed by atoms with Gasteiger partial charge in [0.15, 0.2) is 0 Å². The van der Waals surface area contributed by atoms with Gasteiger partial charge in [-0.25, -0.2) is 12.8 Å². The molecule has 0 aliphatic heterocycles. The number of aryl methyl sites for hydroxylation is 1. The Morgan fingerprint density at radius 3 is 2.71 bits per heavy atom. The minimum Gasteiger partial charge on any atom is -0.392 e. The van der Waals surface area contributed by atoms with Crippen LogP contribution in [0.3, 0.4) is 0 Å². The van der Waals surface area contributed by atoms with Gasteiger partial charge in [-0.2, -0.15) is 0 Å². The number of nitrogens with one attached hydrogen (secondary N) is 1. The Bertz CT molecular complexity index is 560. The zero-order chi connectivity index (χ0) is 13.2. The topological polar surface area (TPSA) is 72.2 Å². The Morgan fingerprint density at radius 1 is 1.59 bits per heavy atom. The van der Waals surface area contributed by atoms with Gasteiger partial charge in [-0.1, -0.05) is 12.2 Å². The maximum atomic E-state index is 13.3.